The highest BCUT2D eigenvalue weighted by molar-refractivity contribution is 4.79. The van der Waals surface area contributed by atoms with E-state index in [4.69, 9.17) is 10.5 Å². The fourth-order valence-corrected chi connectivity index (χ4v) is 1.77. The molecule has 0 aromatic carbocycles. The largest absolute Gasteiger partial charge is 0.385 e. The molecule has 0 amide bonds. The van der Waals surface area contributed by atoms with Crippen molar-refractivity contribution >= 4 is 0 Å². The zero-order valence-electron chi connectivity index (χ0n) is 11.9. The molecule has 0 rings (SSSR count). The second-order valence-electron chi connectivity index (χ2n) is 5.88. The predicted molar refractivity (Wildman–Crippen MR) is 70.6 cm³/mol. The van der Waals surface area contributed by atoms with Crippen LogP contribution in [0.25, 0.3) is 0 Å². The SMILES string of the molecule is COCCCC(N)CN(C)C(C)C(C)(C)C. The Labute approximate surface area is 101 Å². The summed E-state index contributed by atoms with van der Waals surface area (Å²) in [5, 5.41) is 0. The first-order valence-electron chi connectivity index (χ1n) is 6.23. The Morgan fingerprint density at radius 1 is 1.31 bits per heavy atom. The van der Waals surface area contributed by atoms with Gasteiger partial charge in [0, 0.05) is 32.3 Å². The van der Waals surface area contributed by atoms with Crippen LogP contribution in [0.1, 0.15) is 40.5 Å². The van der Waals surface area contributed by atoms with Gasteiger partial charge in [-0.3, -0.25) is 0 Å². The first kappa shape index (κ1) is 15.9. The average molecular weight is 230 g/mol. The summed E-state index contributed by atoms with van der Waals surface area (Å²) >= 11 is 0. The third-order valence-corrected chi connectivity index (χ3v) is 3.36. The standard InChI is InChI=1S/C13H30N2O/c1-11(13(2,3)4)15(5)10-12(14)8-7-9-16-6/h11-12H,7-10,14H2,1-6H3. The van der Waals surface area contributed by atoms with Gasteiger partial charge < -0.3 is 15.4 Å². The van der Waals surface area contributed by atoms with Crippen molar-refractivity contribution in [2.24, 2.45) is 11.1 Å². The van der Waals surface area contributed by atoms with Gasteiger partial charge >= 0.3 is 0 Å². The molecule has 0 aliphatic rings. The van der Waals surface area contributed by atoms with Crippen molar-refractivity contribution < 1.29 is 4.74 Å². The van der Waals surface area contributed by atoms with E-state index in [1.807, 2.05) is 0 Å². The number of methoxy groups -OCH3 is 1. The van der Waals surface area contributed by atoms with Gasteiger partial charge in [-0.2, -0.15) is 0 Å². The Kier molecular flexibility index (Phi) is 7.20. The lowest BCUT2D eigenvalue weighted by atomic mass is 9.87. The summed E-state index contributed by atoms with van der Waals surface area (Å²) in [6.07, 6.45) is 2.09. The van der Waals surface area contributed by atoms with E-state index in [0.29, 0.717) is 11.5 Å². The third kappa shape index (κ3) is 6.46. The molecule has 0 aliphatic carbocycles. The van der Waals surface area contributed by atoms with Crippen molar-refractivity contribution in [3.63, 3.8) is 0 Å². The Bertz CT molecular complexity index is 177. The smallest absolute Gasteiger partial charge is 0.0462 e. The minimum Gasteiger partial charge on any atom is -0.385 e. The van der Waals surface area contributed by atoms with Gasteiger partial charge in [-0.15, -0.1) is 0 Å². The summed E-state index contributed by atoms with van der Waals surface area (Å²) in [5.74, 6) is 0. The number of ether oxygens (including phenoxy) is 1. The highest BCUT2D eigenvalue weighted by atomic mass is 16.5. The van der Waals surface area contributed by atoms with Gasteiger partial charge in [-0.25, -0.2) is 0 Å². The lowest BCUT2D eigenvalue weighted by molar-refractivity contribution is 0.130. The van der Waals surface area contributed by atoms with Gasteiger partial charge in [0.15, 0.2) is 0 Å². The molecular formula is C13H30N2O. The van der Waals surface area contributed by atoms with E-state index in [0.717, 1.165) is 26.0 Å². The molecule has 2 N–H and O–H groups in total. The lowest BCUT2D eigenvalue weighted by Crippen LogP contribution is -2.45. The van der Waals surface area contributed by atoms with Crippen LogP contribution in [-0.4, -0.2) is 44.3 Å². The number of likely N-dealkylation sites (N-methyl/N-ethyl adjacent to an activating group) is 1. The van der Waals surface area contributed by atoms with Crippen molar-refractivity contribution in [3.8, 4) is 0 Å². The lowest BCUT2D eigenvalue weighted by Gasteiger charge is -2.36. The zero-order valence-corrected chi connectivity index (χ0v) is 11.9. The Morgan fingerprint density at radius 3 is 2.31 bits per heavy atom. The summed E-state index contributed by atoms with van der Waals surface area (Å²) in [7, 11) is 3.89. The summed E-state index contributed by atoms with van der Waals surface area (Å²) in [6.45, 7) is 10.8. The molecule has 0 fully saturated rings. The summed E-state index contributed by atoms with van der Waals surface area (Å²) in [4.78, 5) is 2.36. The minimum absolute atomic E-state index is 0.255. The highest BCUT2D eigenvalue weighted by Crippen LogP contribution is 2.23. The quantitative estimate of drug-likeness (QED) is 0.681. The van der Waals surface area contributed by atoms with E-state index >= 15 is 0 Å². The Hall–Kier alpha value is -0.120. The number of hydrogen-bond donors (Lipinski definition) is 1. The zero-order chi connectivity index (χ0) is 12.8. The second-order valence-corrected chi connectivity index (χ2v) is 5.88. The summed E-state index contributed by atoms with van der Waals surface area (Å²) < 4.78 is 5.03. The number of hydrogen-bond acceptors (Lipinski definition) is 3. The number of nitrogens with zero attached hydrogens (tertiary/aromatic N) is 1. The molecule has 0 aromatic rings. The maximum Gasteiger partial charge on any atom is 0.0462 e. The molecule has 98 valence electrons. The van der Waals surface area contributed by atoms with Crippen LogP contribution in [0.5, 0.6) is 0 Å². The molecule has 3 nitrogen and oxygen atoms in total. The van der Waals surface area contributed by atoms with Crippen LogP contribution in [0, 0.1) is 5.41 Å². The maximum atomic E-state index is 6.10. The predicted octanol–water partition coefficient (Wildman–Crippen LogP) is 2.11. The molecule has 0 radical (unpaired) electrons. The Morgan fingerprint density at radius 2 is 1.88 bits per heavy atom. The van der Waals surface area contributed by atoms with Crippen molar-refractivity contribution in [3.05, 3.63) is 0 Å². The van der Waals surface area contributed by atoms with Gasteiger partial charge in [-0.1, -0.05) is 20.8 Å². The number of nitrogens with two attached hydrogens (primary N) is 1. The van der Waals surface area contributed by atoms with E-state index in [1.54, 1.807) is 7.11 Å². The van der Waals surface area contributed by atoms with Crippen molar-refractivity contribution in [1.82, 2.24) is 4.90 Å². The highest BCUT2D eigenvalue weighted by Gasteiger charge is 2.24. The summed E-state index contributed by atoms with van der Waals surface area (Å²) in [6, 6.07) is 0.797. The van der Waals surface area contributed by atoms with E-state index in [1.165, 1.54) is 0 Å². The first-order chi connectivity index (χ1) is 7.29. The molecule has 0 bridgehead atoms. The van der Waals surface area contributed by atoms with Crippen molar-refractivity contribution in [2.45, 2.75) is 52.6 Å². The monoisotopic (exact) mass is 230 g/mol. The molecule has 0 saturated carbocycles. The van der Waals surface area contributed by atoms with Crippen LogP contribution < -0.4 is 5.73 Å². The average Bonchev–Trinajstić information content (AvgIpc) is 2.15. The van der Waals surface area contributed by atoms with Crippen molar-refractivity contribution in [2.75, 3.05) is 27.3 Å². The molecular weight excluding hydrogens is 200 g/mol. The van der Waals surface area contributed by atoms with E-state index in [-0.39, 0.29) is 6.04 Å². The fourth-order valence-electron chi connectivity index (χ4n) is 1.77. The van der Waals surface area contributed by atoms with E-state index in [9.17, 15) is 0 Å². The van der Waals surface area contributed by atoms with Crippen LogP contribution in [0.15, 0.2) is 0 Å². The first-order valence-corrected chi connectivity index (χ1v) is 6.23. The topological polar surface area (TPSA) is 38.5 Å². The molecule has 0 heterocycles. The van der Waals surface area contributed by atoms with E-state index < -0.39 is 0 Å². The van der Waals surface area contributed by atoms with Crippen LogP contribution >= 0.6 is 0 Å². The minimum atomic E-state index is 0.255. The van der Waals surface area contributed by atoms with Crippen LogP contribution in [0.4, 0.5) is 0 Å². The van der Waals surface area contributed by atoms with Crippen LogP contribution in [0.2, 0.25) is 0 Å². The van der Waals surface area contributed by atoms with Crippen molar-refractivity contribution in [1.29, 1.82) is 0 Å². The van der Waals surface area contributed by atoms with Gasteiger partial charge in [0.05, 0.1) is 0 Å². The number of rotatable bonds is 7. The fraction of sp³-hybridized carbons (Fsp3) is 1.00. The van der Waals surface area contributed by atoms with Gasteiger partial charge in [0.2, 0.25) is 0 Å². The molecule has 0 spiro atoms. The maximum absolute atomic E-state index is 6.10. The van der Waals surface area contributed by atoms with Crippen LogP contribution in [-0.2, 0) is 4.74 Å². The molecule has 0 aromatic heterocycles. The van der Waals surface area contributed by atoms with E-state index in [2.05, 4.69) is 39.6 Å². The molecule has 3 heteroatoms. The van der Waals surface area contributed by atoms with Gasteiger partial charge in [-0.05, 0) is 32.2 Å². The normalized spacial score (nSPS) is 16.5. The molecule has 2 unspecified atom stereocenters. The third-order valence-electron chi connectivity index (χ3n) is 3.36. The summed E-state index contributed by atoms with van der Waals surface area (Å²) in [5.41, 5.74) is 6.41. The second kappa shape index (κ2) is 7.25. The van der Waals surface area contributed by atoms with Gasteiger partial charge in [0.25, 0.3) is 0 Å². The van der Waals surface area contributed by atoms with Gasteiger partial charge in [0.1, 0.15) is 0 Å². The molecule has 0 aliphatic heterocycles. The molecule has 2 atom stereocenters. The van der Waals surface area contributed by atoms with Crippen LogP contribution in [0.3, 0.4) is 0 Å². The Balaban J connectivity index is 3.90. The molecule has 16 heavy (non-hydrogen) atoms. The molecule has 0 saturated heterocycles.